The van der Waals surface area contributed by atoms with Gasteiger partial charge in [0, 0.05) is 0 Å². The van der Waals surface area contributed by atoms with E-state index in [2.05, 4.69) is 4.52 Å². The highest BCUT2D eigenvalue weighted by molar-refractivity contribution is 7.47. The van der Waals surface area contributed by atoms with Crippen molar-refractivity contribution in [1.82, 2.24) is 0 Å². The average Bonchev–Trinajstić information content (AvgIpc) is 2.69. The smallest absolute Gasteiger partial charge is 0.464 e. The van der Waals surface area contributed by atoms with Crippen molar-refractivity contribution in [1.29, 1.82) is 0 Å². The zero-order valence-corrected chi connectivity index (χ0v) is 18.2. The van der Waals surface area contributed by atoms with Gasteiger partial charge in [-0.1, -0.05) is 52.4 Å². The first-order chi connectivity index (χ1) is 13.7. The van der Waals surface area contributed by atoms with Crippen molar-refractivity contribution < 1.29 is 48.5 Å². The van der Waals surface area contributed by atoms with Crippen molar-refractivity contribution in [2.45, 2.75) is 89.6 Å². The third-order valence-corrected chi connectivity index (χ3v) is 5.20. The lowest BCUT2D eigenvalue weighted by molar-refractivity contribution is -0.170. The minimum Gasteiger partial charge on any atom is -0.464 e. The van der Waals surface area contributed by atoms with Crippen molar-refractivity contribution in [3.05, 3.63) is 0 Å². The molecule has 0 fully saturated rings. The van der Waals surface area contributed by atoms with E-state index in [0.29, 0.717) is 12.8 Å². The third kappa shape index (κ3) is 13.4. The summed E-state index contributed by atoms with van der Waals surface area (Å²) in [4.78, 5) is 21.2. The fourth-order valence-corrected chi connectivity index (χ4v) is 3.13. The summed E-state index contributed by atoms with van der Waals surface area (Å²) in [5.74, 6) is -1.13. The molecule has 0 bridgehead atoms. The van der Waals surface area contributed by atoms with E-state index in [4.69, 9.17) is 9.26 Å². The van der Waals surface area contributed by atoms with E-state index < -0.39 is 44.8 Å². The highest BCUT2D eigenvalue weighted by Gasteiger charge is 2.36. The molecule has 0 aromatic rings. The number of phosphoric acid groups is 1. The zero-order valence-electron chi connectivity index (χ0n) is 17.3. The molecule has 5 N–H and O–H groups in total. The molecule has 174 valence electrons. The van der Waals surface area contributed by atoms with Crippen LogP contribution in [0.3, 0.4) is 0 Å². The fraction of sp³-hybridized carbons (Fsp3) is 0.944. The molecule has 5 atom stereocenters. The molecule has 0 saturated heterocycles. The molecule has 0 aliphatic carbocycles. The quantitative estimate of drug-likeness (QED) is 0.118. The SMILES string of the molecule is CCCCCCOC(=O)[C@H](O)[C@@H](O)[C@H](O)[C@H](O)COP(=O)(O)OCCCCCC. The van der Waals surface area contributed by atoms with Crippen LogP contribution in [0.25, 0.3) is 0 Å². The van der Waals surface area contributed by atoms with Crippen LogP contribution in [0.15, 0.2) is 0 Å². The van der Waals surface area contributed by atoms with Gasteiger partial charge in [0.05, 0.1) is 19.8 Å². The molecule has 0 amide bonds. The van der Waals surface area contributed by atoms with Gasteiger partial charge in [0.25, 0.3) is 0 Å². The first-order valence-electron chi connectivity index (χ1n) is 10.2. The second-order valence-corrected chi connectivity index (χ2v) is 8.33. The second-order valence-electron chi connectivity index (χ2n) is 6.88. The van der Waals surface area contributed by atoms with E-state index in [9.17, 15) is 34.7 Å². The third-order valence-electron chi connectivity index (χ3n) is 4.21. The molecule has 0 aromatic carbocycles. The first kappa shape index (κ1) is 28.4. The molecule has 0 radical (unpaired) electrons. The Bertz CT molecular complexity index is 476. The van der Waals surface area contributed by atoms with Gasteiger partial charge in [0.1, 0.15) is 18.3 Å². The normalized spacial score (nSPS) is 17.9. The first-order valence-corrected chi connectivity index (χ1v) is 11.7. The standard InChI is InChI=1S/C18H37O10P/c1-3-5-7-9-11-26-18(23)17(22)16(21)15(20)14(19)13-28-29(24,25)27-12-10-8-6-4-2/h14-17,19-22H,3-13H2,1-2H3,(H,24,25)/t14-,15-,16+,17-/m1/s1. The molecule has 11 heteroatoms. The van der Waals surface area contributed by atoms with Crippen LogP contribution in [0.1, 0.15) is 65.2 Å². The summed E-state index contributed by atoms with van der Waals surface area (Å²) in [6.45, 7) is 3.26. The van der Waals surface area contributed by atoms with Gasteiger partial charge >= 0.3 is 13.8 Å². The molecule has 0 rings (SSSR count). The number of rotatable bonds is 18. The number of carbonyl (C=O) groups is 1. The number of phosphoric ester groups is 1. The number of hydrogen-bond donors (Lipinski definition) is 5. The van der Waals surface area contributed by atoms with Gasteiger partial charge in [0.15, 0.2) is 6.10 Å². The van der Waals surface area contributed by atoms with Gasteiger partial charge < -0.3 is 30.1 Å². The van der Waals surface area contributed by atoms with Gasteiger partial charge in [0.2, 0.25) is 0 Å². The van der Waals surface area contributed by atoms with Crippen molar-refractivity contribution >= 4 is 13.8 Å². The van der Waals surface area contributed by atoms with Gasteiger partial charge in [-0.3, -0.25) is 9.05 Å². The summed E-state index contributed by atoms with van der Waals surface area (Å²) < 4.78 is 25.8. The van der Waals surface area contributed by atoms with E-state index in [1.807, 2.05) is 13.8 Å². The molecule has 29 heavy (non-hydrogen) atoms. The lowest BCUT2D eigenvalue weighted by Crippen LogP contribution is -2.49. The van der Waals surface area contributed by atoms with E-state index in [1.54, 1.807) is 0 Å². The van der Waals surface area contributed by atoms with Crippen LogP contribution < -0.4 is 0 Å². The molecule has 0 aromatic heterocycles. The largest absolute Gasteiger partial charge is 0.472 e. The predicted molar refractivity (Wildman–Crippen MR) is 105 cm³/mol. The molecule has 0 heterocycles. The Hall–Kier alpha value is -0.580. The Morgan fingerprint density at radius 1 is 0.828 bits per heavy atom. The van der Waals surface area contributed by atoms with Crippen LogP contribution in [0.4, 0.5) is 0 Å². The van der Waals surface area contributed by atoms with Crippen LogP contribution in [0, 0.1) is 0 Å². The highest BCUT2D eigenvalue weighted by Crippen LogP contribution is 2.43. The number of aliphatic hydroxyl groups is 4. The topological polar surface area (TPSA) is 163 Å². The van der Waals surface area contributed by atoms with Crippen LogP contribution in [-0.4, -0.2) is 75.5 Å². The number of esters is 1. The number of aliphatic hydroxyl groups excluding tert-OH is 4. The Balaban J connectivity index is 4.28. The van der Waals surface area contributed by atoms with E-state index >= 15 is 0 Å². The summed E-state index contributed by atoms with van der Waals surface area (Å²) in [7, 11) is -4.44. The van der Waals surface area contributed by atoms with Crippen LogP contribution in [0.5, 0.6) is 0 Å². The minimum atomic E-state index is -4.44. The fourth-order valence-electron chi connectivity index (χ4n) is 2.36. The summed E-state index contributed by atoms with van der Waals surface area (Å²) in [6, 6.07) is 0. The van der Waals surface area contributed by atoms with Crippen molar-refractivity contribution in [3.63, 3.8) is 0 Å². The lowest BCUT2D eigenvalue weighted by Gasteiger charge is -2.25. The predicted octanol–water partition coefficient (Wildman–Crippen LogP) is 1.27. The molecule has 0 aliphatic heterocycles. The summed E-state index contributed by atoms with van der Waals surface area (Å²) >= 11 is 0. The molecule has 0 aliphatic rings. The van der Waals surface area contributed by atoms with Gasteiger partial charge in [-0.2, -0.15) is 0 Å². The maximum Gasteiger partial charge on any atom is 0.472 e. The number of carbonyl (C=O) groups excluding carboxylic acids is 1. The van der Waals surface area contributed by atoms with Crippen molar-refractivity contribution in [2.75, 3.05) is 19.8 Å². The van der Waals surface area contributed by atoms with Gasteiger partial charge in [-0.25, -0.2) is 9.36 Å². The Morgan fingerprint density at radius 2 is 1.38 bits per heavy atom. The highest BCUT2D eigenvalue weighted by atomic mass is 31.2. The van der Waals surface area contributed by atoms with E-state index in [-0.39, 0.29) is 13.2 Å². The molecular formula is C18H37O10P. The molecule has 10 nitrogen and oxygen atoms in total. The van der Waals surface area contributed by atoms with Gasteiger partial charge in [-0.15, -0.1) is 0 Å². The molecule has 1 unspecified atom stereocenters. The number of ether oxygens (including phenoxy) is 1. The van der Waals surface area contributed by atoms with Crippen molar-refractivity contribution in [3.8, 4) is 0 Å². The maximum atomic E-state index is 11.7. The minimum absolute atomic E-state index is 0.00212. The van der Waals surface area contributed by atoms with Crippen LogP contribution in [0.2, 0.25) is 0 Å². The Labute approximate surface area is 172 Å². The number of hydrogen-bond acceptors (Lipinski definition) is 9. The summed E-state index contributed by atoms with van der Waals surface area (Å²) in [5.41, 5.74) is 0. The van der Waals surface area contributed by atoms with Crippen LogP contribution >= 0.6 is 7.82 Å². The van der Waals surface area contributed by atoms with Crippen molar-refractivity contribution in [2.24, 2.45) is 0 Å². The lowest BCUT2D eigenvalue weighted by atomic mass is 10.0. The number of unbranched alkanes of at least 4 members (excludes halogenated alkanes) is 6. The summed E-state index contributed by atoms with van der Waals surface area (Å²) in [6.07, 6.45) is -1.21. The Kier molecular flexibility index (Phi) is 15.8. The Morgan fingerprint density at radius 3 is 1.93 bits per heavy atom. The molecule has 0 spiro atoms. The molecular weight excluding hydrogens is 407 g/mol. The molecule has 0 saturated carbocycles. The maximum absolute atomic E-state index is 11.7. The van der Waals surface area contributed by atoms with E-state index in [1.165, 1.54) is 0 Å². The monoisotopic (exact) mass is 444 g/mol. The second kappa shape index (κ2) is 16.2. The van der Waals surface area contributed by atoms with E-state index in [0.717, 1.165) is 38.5 Å². The zero-order chi connectivity index (χ0) is 22.3. The van der Waals surface area contributed by atoms with Crippen LogP contribution in [-0.2, 0) is 23.1 Å². The average molecular weight is 444 g/mol. The summed E-state index contributed by atoms with van der Waals surface area (Å²) in [5, 5.41) is 39.3. The van der Waals surface area contributed by atoms with Gasteiger partial charge in [-0.05, 0) is 12.8 Å².